The van der Waals surface area contributed by atoms with Crippen LogP contribution in [0.2, 0.25) is 0 Å². The van der Waals surface area contributed by atoms with Crippen LogP contribution < -0.4 is 15.5 Å². The quantitative estimate of drug-likeness (QED) is 0.378. The molecule has 10 heteroatoms. The molecule has 0 radical (unpaired) electrons. The van der Waals surface area contributed by atoms with Gasteiger partial charge in [0.25, 0.3) is 0 Å². The Bertz CT molecular complexity index is 879. The van der Waals surface area contributed by atoms with Gasteiger partial charge in [0.05, 0.1) is 18.8 Å². The zero-order valence-electron chi connectivity index (χ0n) is 19.7. The van der Waals surface area contributed by atoms with Crippen LogP contribution in [0.3, 0.4) is 0 Å². The molecular formula is C24H33FN4O5. The second-order valence-electron chi connectivity index (χ2n) is 7.79. The number of hydrogen-bond acceptors (Lipinski definition) is 7. The van der Waals surface area contributed by atoms with Gasteiger partial charge >= 0.3 is 11.8 Å². The normalized spacial score (nSPS) is 15.4. The number of furan rings is 1. The van der Waals surface area contributed by atoms with E-state index < -0.39 is 18.1 Å². The minimum absolute atomic E-state index is 0.0842. The molecule has 2 N–H and O–H groups in total. The lowest BCUT2D eigenvalue weighted by molar-refractivity contribution is -0.146. The summed E-state index contributed by atoms with van der Waals surface area (Å²) < 4.78 is 29.6. The van der Waals surface area contributed by atoms with Gasteiger partial charge < -0.3 is 29.4 Å². The Morgan fingerprint density at radius 2 is 1.59 bits per heavy atom. The second-order valence-corrected chi connectivity index (χ2v) is 7.79. The van der Waals surface area contributed by atoms with Crippen LogP contribution in [0, 0.1) is 5.82 Å². The summed E-state index contributed by atoms with van der Waals surface area (Å²) in [5, 5.41) is 5.26. The molecule has 2 heterocycles. The van der Waals surface area contributed by atoms with E-state index in [-0.39, 0.29) is 24.9 Å². The van der Waals surface area contributed by atoms with Gasteiger partial charge in [-0.1, -0.05) is 0 Å². The number of carbonyl (C=O) groups excluding carboxylic acids is 2. The molecule has 1 aliphatic rings. The van der Waals surface area contributed by atoms with E-state index in [0.717, 1.165) is 31.9 Å². The summed E-state index contributed by atoms with van der Waals surface area (Å²) in [4.78, 5) is 29.0. The predicted molar refractivity (Wildman–Crippen MR) is 125 cm³/mol. The van der Waals surface area contributed by atoms with Gasteiger partial charge in [0.2, 0.25) is 0 Å². The molecule has 1 fully saturated rings. The molecule has 0 saturated carbocycles. The van der Waals surface area contributed by atoms with Gasteiger partial charge in [0.15, 0.2) is 6.29 Å². The van der Waals surface area contributed by atoms with Gasteiger partial charge in [-0.15, -0.1) is 0 Å². The number of rotatable bonds is 11. The zero-order chi connectivity index (χ0) is 24.3. The number of hydrogen-bond donors (Lipinski definition) is 2. The highest BCUT2D eigenvalue weighted by Gasteiger charge is 2.28. The molecule has 1 atom stereocenters. The number of amides is 2. The molecule has 0 spiro atoms. The van der Waals surface area contributed by atoms with E-state index in [1.54, 1.807) is 24.5 Å². The molecule has 1 saturated heterocycles. The van der Waals surface area contributed by atoms with Crippen molar-refractivity contribution < 1.29 is 27.9 Å². The maximum Gasteiger partial charge on any atom is 0.309 e. The fourth-order valence-electron chi connectivity index (χ4n) is 3.90. The van der Waals surface area contributed by atoms with E-state index in [2.05, 4.69) is 20.4 Å². The third-order valence-electron chi connectivity index (χ3n) is 5.62. The molecule has 2 aromatic rings. The Hall–Kier alpha value is -2.95. The van der Waals surface area contributed by atoms with E-state index in [1.165, 1.54) is 12.1 Å². The largest absolute Gasteiger partial charge is 0.468 e. The SMILES string of the molecule is CCOC(CNC(=O)C(=O)NC[C@@H](c1ccco1)N1CCN(c2ccc(F)cc2)CC1)OCC. The number of piperazine rings is 1. The summed E-state index contributed by atoms with van der Waals surface area (Å²) in [5.41, 5.74) is 0.970. The van der Waals surface area contributed by atoms with Crippen LogP contribution in [0.15, 0.2) is 47.1 Å². The molecule has 186 valence electrons. The van der Waals surface area contributed by atoms with Crippen molar-refractivity contribution in [3.8, 4) is 0 Å². The van der Waals surface area contributed by atoms with Crippen molar-refractivity contribution in [1.82, 2.24) is 15.5 Å². The Morgan fingerprint density at radius 1 is 0.971 bits per heavy atom. The van der Waals surface area contributed by atoms with Crippen molar-refractivity contribution in [1.29, 1.82) is 0 Å². The molecule has 9 nitrogen and oxygen atoms in total. The van der Waals surface area contributed by atoms with Crippen molar-refractivity contribution in [3.05, 3.63) is 54.2 Å². The summed E-state index contributed by atoms with van der Waals surface area (Å²) in [7, 11) is 0. The molecule has 0 aliphatic carbocycles. The number of carbonyl (C=O) groups is 2. The van der Waals surface area contributed by atoms with E-state index in [9.17, 15) is 14.0 Å². The maximum atomic E-state index is 13.2. The van der Waals surface area contributed by atoms with Crippen molar-refractivity contribution in [2.45, 2.75) is 26.2 Å². The molecule has 1 aromatic heterocycles. The van der Waals surface area contributed by atoms with Crippen LogP contribution in [0.4, 0.5) is 10.1 Å². The lowest BCUT2D eigenvalue weighted by atomic mass is 10.1. The van der Waals surface area contributed by atoms with Crippen LogP contribution in [-0.2, 0) is 19.1 Å². The second kappa shape index (κ2) is 13.1. The van der Waals surface area contributed by atoms with Gasteiger partial charge in [-0.3, -0.25) is 14.5 Å². The smallest absolute Gasteiger partial charge is 0.309 e. The minimum atomic E-state index is -0.747. The van der Waals surface area contributed by atoms with E-state index in [1.807, 2.05) is 19.9 Å². The van der Waals surface area contributed by atoms with Crippen LogP contribution in [0.25, 0.3) is 0 Å². The first kappa shape index (κ1) is 25.7. The first-order chi connectivity index (χ1) is 16.5. The third-order valence-corrected chi connectivity index (χ3v) is 5.62. The fraction of sp³-hybridized carbons (Fsp3) is 0.500. The Labute approximate surface area is 199 Å². The molecule has 1 aromatic carbocycles. The molecule has 0 bridgehead atoms. The van der Waals surface area contributed by atoms with E-state index in [0.29, 0.717) is 19.0 Å². The van der Waals surface area contributed by atoms with Crippen LogP contribution in [0.5, 0.6) is 0 Å². The van der Waals surface area contributed by atoms with E-state index >= 15 is 0 Å². The molecule has 1 aliphatic heterocycles. The molecule has 0 unspecified atom stereocenters. The van der Waals surface area contributed by atoms with Crippen LogP contribution in [0.1, 0.15) is 25.6 Å². The Balaban J connectivity index is 1.53. The lowest BCUT2D eigenvalue weighted by Gasteiger charge is -2.39. The summed E-state index contributed by atoms with van der Waals surface area (Å²) in [6, 6.07) is 9.90. The van der Waals surface area contributed by atoms with Gasteiger partial charge in [-0.05, 0) is 50.2 Å². The number of anilines is 1. The minimum Gasteiger partial charge on any atom is -0.468 e. The van der Waals surface area contributed by atoms with Crippen LogP contribution in [-0.4, -0.2) is 75.5 Å². The molecular weight excluding hydrogens is 443 g/mol. The van der Waals surface area contributed by atoms with Crippen molar-refractivity contribution in [2.24, 2.45) is 0 Å². The average Bonchev–Trinajstić information content (AvgIpc) is 3.38. The number of ether oxygens (including phenoxy) is 2. The first-order valence-corrected chi connectivity index (χ1v) is 11.6. The van der Waals surface area contributed by atoms with Gasteiger partial charge in [-0.2, -0.15) is 0 Å². The molecule has 3 rings (SSSR count). The number of benzene rings is 1. The van der Waals surface area contributed by atoms with Gasteiger partial charge in [-0.25, -0.2) is 4.39 Å². The molecule has 2 amide bonds. The van der Waals surface area contributed by atoms with Crippen molar-refractivity contribution in [3.63, 3.8) is 0 Å². The zero-order valence-corrected chi connectivity index (χ0v) is 19.7. The first-order valence-electron chi connectivity index (χ1n) is 11.6. The maximum absolute atomic E-state index is 13.2. The Kier molecular flexibility index (Phi) is 9.87. The highest BCUT2D eigenvalue weighted by atomic mass is 19.1. The predicted octanol–water partition coefficient (Wildman–Crippen LogP) is 1.91. The third kappa shape index (κ3) is 7.28. The highest BCUT2D eigenvalue weighted by molar-refractivity contribution is 6.35. The van der Waals surface area contributed by atoms with Gasteiger partial charge in [0, 0.05) is 51.6 Å². The lowest BCUT2D eigenvalue weighted by Crippen LogP contribution is -2.51. The number of nitrogens with one attached hydrogen (secondary N) is 2. The summed E-state index contributed by atoms with van der Waals surface area (Å²) in [5.74, 6) is -1.02. The number of nitrogens with zero attached hydrogens (tertiary/aromatic N) is 2. The summed E-state index contributed by atoms with van der Waals surface area (Å²) >= 11 is 0. The standard InChI is InChI=1S/C24H33FN4O5/c1-3-32-22(33-4-2)17-27-24(31)23(30)26-16-20(21-6-5-15-34-21)29-13-11-28(12-14-29)19-9-7-18(25)8-10-19/h5-10,15,20,22H,3-4,11-14,16-17H2,1-2H3,(H,26,30)(H,27,31)/t20-/m0/s1. The fourth-order valence-corrected chi connectivity index (χ4v) is 3.90. The summed E-state index contributed by atoms with van der Waals surface area (Å²) in [6.07, 6.45) is 0.993. The van der Waals surface area contributed by atoms with Crippen LogP contribution >= 0.6 is 0 Å². The topological polar surface area (TPSA) is 96.3 Å². The monoisotopic (exact) mass is 476 g/mol. The Morgan fingerprint density at radius 3 is 2.15 bits per heavy atom. The van der Waals surface area contributed by atoms with Gasteiger partial charge in [0.1, 0.15) is 11.6 Å². The number of halogens is 1. The van der Waals surface area contributed by atoms with Crippen molar-refractivity contribution in [2.75, 3.05) is 57.4 Å². The molecule has 34 heavy (non-hydrogen) atoms. The average molecular weight is 477 g/mol. The summed E-state index contributed by atoms with van der Waals surface area (Å²) in [6.45, 7) is 7.75. The highest BCUT2D eigenvalue weighted by Crippen LogP contribution is 2.24. The van der Waals surface area contributed by atoms with Crippen molar-refractivity contribution >= 4 is 17.5 Å². The van der Waals surface area contributed by atoms with E-state index in [4.69, 9.17) is 13.9 Å².